The van der Waals surface area contributed by atoms with Gasteiger partial charge < -0.3 is 15.2 Å². The summed E-state index contributed by atoms with van der Waals surface area (Å²) >= 11 is 0. The topological polar surface area (TPSA) is 75.6 Å². The number of nitrogens with one attached hydrogen (secondary N) is 1. The highest BCUT2D eigenvalue weighted by Gasteiger charge is 2.50. The molecule has 1 atom stereocenters. The number of carbonyl (C=O) groups excluding carboxylic acids is 1. The van der Waals surface area contributed by atoms with Crippen LogP contribution in [0.1, 0.15) is 44.6 Å². The van der Waals surface area contributed by atoms with Crippen molar-refractivity contribution in [1.82, 2.24) is 5.32 Å². The lowest BCUT2D eigenvalue weighted by molar-refractivity contribution is -0.144. The van der Waals surface area contributed by atoms with Crippen LogP contribution in [0.5, 0.6) is 0 Å². The van der Waals surface area contributed by atoms with Gasteiger partial charge in [-0.3, -0.25) is 0 Å². The van der Waals surface area contributed by atoms with E-state index in [4.69, 9.17) is 4.74 Å². The molecule has 158 valence electrons. The number of fused-ring (bicyclic) bond motifs is 1. The van der Waals surface area contributed by atoms with Gasteiger partial charge in [0, 0.05) is 6.42 Å². The van der Waals surface area contributed by atoms with E-state index < -0.39 is 17.6 Å². The van der Waals surface area contributed by atoms with E-state index in [1.807, 2.05) is 42.5 Å². The summed E-state index contributed by atoms with van der Waals surface area (Å²) in [5.74, 6) is 1.44. The summed E-state index contributed by atoms with van der Waals surface area (Å²) in [5, 5.41) is 14.7. The summed E-state index contributed by atoms with van der Waals surface area (Å²) in [6, 6.07) is 13.9. The third-order valence-corrected chi connectivity index (χ3v) is 7.60. The predicted octanol–water partition coefficient (Wildman–Crippen LogP) is 4.78. The largest absolute Gasteiger partial charge is 0.480 e. The molecule has 1 amide bonds. The molecule has 2 N–H and O–H groups in total. The van der Waals surface area contributed by atoms with E-state index in [2.05, 4.69) is 5.32 Å². The lowest BCUT2D eigenvalue weighted by Crippen LogP contribution is -2.56. The zero-order valence-electron chi connectivity index (χ0n) is 17.3. The van der Waals surface area contributed by atoms with Crippen LogP contribution in [-0.2, 0) is 16.0 Å². The smallest absolute Gasteiger partial charge is 0.408 e. The van der Waals surface area contributed by atoms with E-state index >= 15 is 0 Å². The van der Waals surface area contributed by atoms with Crippen molar-refractivity contribution in [2.75, 3.05) is 0 Å². The number of ether oxygens (including phenoxy) is 1. The molecule has 0 aromatic heterocycles. The minimum atomic E-state index is -1.43. The maximum absolute atomic E-state index is 12.8. The summed E-state index contributed by atoms with van der Waals surface area (Å²) < 4.78 is 5.87. The number of carboxylic acid groups (broad SMARTS) is 1. The Morgan fingerprint density at radius 1 is 1.00 bits per heavy atom. The fourth-order valence-electron chi connectivity index (χ4n) is 6.38. The van der Waals surface area contributed by atoms with Crippen molar-refractivity contribution in [2.24, 2.45) is 23.7 Å². The number of alkyl carbamates (subject to hydrolysis) is 1. The van der Waals surface area contributed by atoms with Crippen LogP contribution in [0.15, 0.2) is 42.5 Å². The number of aliphatic carboxylic acids is 1. The molecule has 6 rings (SSSR count). The van der Waals surface area contributed by atoms with Crippen LogP contribution in [0.2, 0.25) is 0 Å². The molecule has 1 unspecified atom stereocenters. The van der Waals surface area contributed by atoms with Gasteiger partial charge in [-0.25, -0.2) is 9.59 Å². The predicted molar refractivity (Wildman–Crippen MR) is 114 cm³/mol. The van der Waals surface area contributed by atoms with Crippen molar-refractivity contribution >= 4 is 22.8 Å². The van der Waals surface area contributed by atoms with E-state index in [1.54, 1.807) is 6.92 Å². The summed E-state index contributed by atoms with van der Waals surface area (Å²) in [6.45, 7) is 1.56. The van der Waals surface area contributed by atoms with E-state index in [9.17, 15) is 14.7 Å². The molecule has 4 saturated carbocycles. The molecule has 0 radical (unpaired) electrons. The quantitative estimate of drug-likeness (QED) is 0.748. The number of amides is 1. The van der Waals surface area contributed by atoms with Gasteiger partial charge in [0.2, 0.25) is 0 Å². The third kappa shape index (κ3) is 3.55. The molecule has 0 spiro atoms. The number of carbonyl (C=O) groups is 2. The van der Waals surface area contributed by atoms with Crippen LogP contribution in [-0.4, -0.2) is 28.8 Å². The zero-order chi connectivity index (χ0) is 20.9. The average Bonchev–Trinajstić information content (AvgIpc) is 2.70. The van der Waals surface area contributed by atoms with Gasteiger partial charge in [0.25, 0.3) is 0 Å². The van der Waals surface area contributed by atoms with Crippen molar-refractivity contribution in [3.05, 3.63) is 48.0 Å². The lowest BCUT2D eigenvalue weighted by Gasteiger charge is -2.53. The number of hydrogen-bond donors (Lipinski definition) is 2. The second kappa shape index (κ2) is 7.29. The Bertz CT molecular complexity index is 958. The van der Waals surface area contributed by atoms with Crippen molar-refractivity contribution in [1.29, 1.82) is 0 Å². The van der Waals surface area contributed by atoms with E-state index in [0.717, 1.165) is 53.9 Å². The summed E-state index contributed by atoms with van der Waals surface area (Å²) in [4.78, 5) is 24.9. The molecule has 30 heavy (non-hydrogen) atoms. The van der Waals surface area contributed by atoms with E-state index in [1.165, 1.54) is 6.42 Å². The van der Waals surface area contributed by atoms with Crippen molar-refractivity contribution in [3.8, 4) is 0 Å². The van der Waals surface area contributed by atoms with E-state index in [0.29, 0.717) is 11.8 Å². The standard InChI is InChI=1S/C25H29NO4/c1-25(23(27)28,14-15-6-7-18-4-2-3-5-19(18)9-15)26-24(29)30-22-20-10-16-8-17(12-20)13-21(22)11-16/h2-7,9,16-17,20-22H,8,10-14H2,1H3,(H,26,29)(H,27,28). The molecular weight excluding hydrogens is 378 g/mol. The monoisotopic (exact) mass is 407 g/mol. The fourth-order valence-corrected chi connectivity index (χ4v) is 6.38. The second-order valence-corrected chi connectivity index (χ2v) is 9.92. The SMILES string of the molecule is CC(Cc1ccc2ccccc2c1)(NC(=O)OC1C2CC3CC(C2)CC1C3)C(=O)O. The Morgan fingerprint density at radius 2 is 1.63 bits per heavy atom. The fraction of sp³-hybridized carbons (Fsp3) is 0.520. The first-order chi connectivity index (χ1) is 14.4. The summed E-state index contributed by atoms with van der Waals surface area (Å²) in [7, 11) is 0. The van der Waals surface area contributed by atoms with Crippen LogP contribution in [0.25, 0.3) is 10.8 Å². The minimum Gasteiger partial charge on any atom is -0.480 e. The molecule has 2 aromatic rings. The zero-order valence-corrected chi connectivity index (χ0v) is 17.3. The summed E-state index contributed by atoms with van der Waals surface area (Å²) in [6.07, 6.45) is 5.49. The number of hydrogen-bond acceptors (Lipinski definition) is 3. The lowest BCUT2D eigenvalue weighted by atomic mass is 9.55. The molecule has 0 saturated heterocycles. The van der Waals surface area contributed by atoms with Gasteiger partial charge in [0.1, 0.15) is 11.6 Å². The van der Waals surface area contributed by atoms with Gasteiger partial charge in [-0.05, 0) is 79.0 Å². The maximum Gasteiger partial charge on any atom is 0.408 e. The first kappa shape index (κ1) is 19.4. The van der Waals surface area contributed by atoms with Gasteiger partial charge in [0.05, 0.1) is 0 Å². The molecule has 0 heterocycles. The van der Waals surface area contributed by atoms with Crippen molar-refractivity contribution in [2.45, 2.75) is 57.1 Å². The molecule has 5 nitrogen and oxygen atoms in total. The van der Waals surface area contributed by atoms with Gasteiger partial charge in [-0.15, -0.1) is 0 Å². The average molecular weight is 408 g/mol. The van der Waals surface area contributed by atoms with Crippen LogP contribution in [0.3, 0.4) is 0 Å². The number of carboxylic acids is 1. The normalized spacial score (nSPS) is 31.3. The Labute approximate surface area is 176 Å². The highest BCUT2D eigenvalue weighted by Crippen LogP contribution is 2.54. The highest BCUT2D eigenvalue weighted by atomic mass is 16.6. The molecule has 2 aromatic carbocycles. The molecular formula is C25H29NO4. The molecule has 0 aliphatic heterocycles. The Morgan fingerprint density at radius 3 is 2.27 bits per heavy atom. The molecule has 4 aliphatic rings. The first-order valence-electron chi connectivity index (χ1n) is 11.1. The Balaban J connectivity index is 1.29. The van der Waals surface area contributed by atoms with Crippen LogP contribution < -0.4 is 5.32 Å². The van der Waals surface area contributed by atoms with Crippen LogP contribution in [0.4, 0.5) is 4.79 Å². The van der Waals surface area contributed by atoms with Gasteiger partial charge in [-0.2, -0.15) is 0 Å². The first-order valence-corrected chi connectivity index (χ1v) is 11.1. The minimum absolute atomic E-state index is 0.0588. The van der Waals surface area contributed by atoms with Crippen molar-refractivity contribution < 1.29 is 19.4 Å². The third-order valence-electron chi connectivity index (χ3n) is 7.60. The number of rotatable bonds is 5. The molecule has 4 aliphatic carbocycles. The molecule has 4 fully saturated rings. The Kier molecular flexibility index (Phi) is 4.72. The Hall–Kier alpha value is -2.56. The van der Waals surface area contributed by atoms with Crippen LogP contribution >= 0.6 is 0 Å². The molecule has 5 heteroatoms. The summed E-state index contributed by atoms with van der Waals surface area (Å²) in [5.41, 5.74) is -0.556. The van der Waals surface area contributed by atoms with Gasteiger partial charge in [-0.1, -0.05) is 42.5 Å². The van der Waals surface area contributed by atoms with Gasteiger partial charge in [0.15, 0.2) is 0 Å². The molecule has 4 bridgehead atoms. The van der Waals surface area contributed by atoms with Gasteiger partial charge >= 0.3 is 12.1 Å². The van der Waals surface area contributed by atoms with Crippen molar-refractivity contribution in [3.63, 3.8) is 0 Å². The van der Waals surface area contributed by atoms with Crippen LogP contribution in [0, 0.1) is 23.7 Å². The van der Waals surface area contributed by atoms with E-state index in [-0.39, 0.29) is 12.5 Å². The highest BCUT2D eigenvalue weighted by molar-refractivity contribution is 5.86. The second-order valence-electron chi connectivity index (χ2n) is 9.92. The maximum atomic E-state index is 12.8. The number of benzene rings is 2.